The van der Waals surface area contributed by atoms with Crippen molar-refractivity contribution >= 4 is 11.8 Å². The Hall–Kier alpha value is -2.04. The van der Waals surface area contributed by atoms with Crippen molar-refractivity contribution in [3.63, 3.8) is 0 Å². The zero-order valence-corrected chi connectivity index (χ0v) is 13.0. The first-order valence-electron chi connectivity index (χ1n) is 6.74. The summed E-state index contributed by atoms with van der Waals surface area (Å²) in [6.45, 7) is 5.33. The second kappa shape index (κ2) is 5.06. The largest absolute Gasteiger partial charge is 0.493 e. The van der Waals surface area contributed by atoms with Crippen LogP contribution in [0.5, 0.6) is 11.5 Å². The summed E-state index contributed by atoms with van der Waals surface area (Å²) in [5, 5.41) is 0. The number of ketones is 1. The summed E-state index contributed by atoms with van der Waals surface area (Å²) in [6, 6.07) is 5.27. The highest BCUT2D eigenvalue weighted by Crippen LogP contribution is 2.48. The minimum atomic E-state index is -1.04. The molecule has 0 unspecified atom stereocenters. The van der Waals surface area contributed by atoms with Crippen LogP contribution in [0.2, 0.25) is 0 Å². The van der Waals surface area contributed by atoms with Gasteiger partial charge in [0.05, 0.1) is 19.6 Å². The Kier molecular flexibility index (Phi) is 3.70. The topological polar surface area (TPSA) is 61.8 Å². The van der Waals surface area contributed by atoms with Gasteiger partial charge in [-0.05, 0) is 32.9 Å². The first-order chi connectivity index (χ1) is 9.76. The van der Waals surface area contributed by atoms with Crippen molar-refractivity contribution in [2.75, 3.05) is 14.2 Å². The van der Waals surface area contributed by atoms with E-state index in [2.05, 4.69) is 0 Å². The smallest absolute Gasteiger partial charge is 0.314 e. The van der Waals surface area contributed by atoms with Crippen LogP contribution in [0.15, 0.2) is 18.2 Å². The van der Waals surface area contributed by atoms with Gasteiger partial charge in [0.25, 0.3) is 0 Å². The molecule has 0 aliphatic carbocycles. The van der Waals surface area contributed by atoms with E-state index in [-0.39, 0.29) is 12.2 Å². The average Bonchev–Trinajstić information content (AvgIpc) is 2.44. The Balaban J connectivity index is 2.56. The lowest BCUT2D eigenvalue weighted by molar-refractivity contribution is -0.189. The fourth-order valence-electron chi connectivity index (χ4n) is 2.56. The number of methoxy groups -OCH3 is 2. The summed E-state index contributed by atoms with van der Waals surface area (Å²) in [5.41, 5.74) is -1.16. The van der Waals surface area contributed by atoms with Gasteiger partial charge < -0.3 is 14.2 Å². The summed E-state index contributed by atoms with van der Waals surface area (Å²) in [7, 11) is 3.08. The van der Waals surface area contributed by atoms with Crippen LogP contribution < -0.4 is 9.47 Å². The number of carbonyl (C=O) groups is 2. The number of hydrogen-bond acceptors (Lipinski definition) is 5. The zero-order valence-electron chi connectivity index (χ0n) is 13.0. The number of hydrogen-bond donors (Lipinski definition) is 0. The standard InChI is InChI=1S/C16H20O5/c1-15(2)13(17)9-14(18)21-16(15,3)10-6-7-11(19-4)12(8-10)20-5/h6-8H,9H2,1-5H3/t16-/m1/s1. The Morgan fingerprint density at radius 2 is 1.67 bits per heavy atom. The molecule has 1 atom stereocenters. The molecular weight excluding hydrogens is 272 g/mol. The maximum Gasteiger partial charge on any atom is 0.314 e. The Labute approximate surface area is 124 Å². The first kappa shape index (κ1) is 15.4. The van der Waals surface area contributed by atoms with Gasteiger partial charge in [0.1, 0.15) is 12.0 Å². The molecule has 1 aromatic rings. The van der Waals surface area contributed by atoms with E-state index in [4.69, 9.17) is 14.2 Å². The summed E-state index contributed by atoms with van der Waals surface area (Å²) in [5.74, 6) is 0.477. The molecule has 2 rings (SSSR count). The van der Waals surface area contributed by atoms with Crippen LogP contribution in [0.1, 0.15) is 32.8 Å². The summed E-state index contributed by atoms with van der Waals surface area (Å²) >= 11 is 0. The third kappa shape index (κ3) is 2.26. The molecular formula is C16H20O5. The molecule has 0 spiro atoms. The minimum absolute atomic E-state index is 0.129. The molecule has 1 aromatic carbocycles. The van der Waals surface area contributed by atoms with E-state index in [1.165, 1.54) is 7.11 Å². The fourth-order valence-corrected chi connectivity index (χ4v) is 2.56. The lowest BCUT2D eigenvalue weighted by atomic mass is 9.67. The van der Waals surface area contributed by atoms with Gasteiger partial charge in [0, 0.05) is 5.56 Å². The van der Waals surface area contributed by atoms with Crippen molar-refractivity contribution in [1.82, 2.24) is 0 Å². The molecule has 5 nitrogen and oxygen atoms in total. The molecule has 0 N–H and O–H groups in total. The highest BCUT2D eigenvalue weighted by Gasteiger charge is 2.54. The molecule has 114 valence electrons. The molecule has 1 fully saturated rings. The third-order valence-electron chi connectivity index (χ3n) is 4.45. The SMILES string of the molecule is COc1ccc([C@@]2(C)OC(=O)CC(=O)C2(C)C)cc1OC. The fraction of sp³-hybridized carbons (Fsp3) is 0.500. The van der Waals surface area contributed by atoms with Gasteiger partial charge in [-0.3, -0.25) is 9.59 Å². The Morgan fingerprint density at radius 1 is 1.05 bits per heavy atom. The van der Waals surface area contributed by atoms with Crippen molar-refractivity contribution in [2.24, 2.45) is 5.41 Å². The lowest BCUT2D eigenvalue weighted by Gasteiger charge is -2.45. The van der Waals surface area contributed by atoms with Crippen molar-refractivity contribution in [3.05, 3.63) is 23.8 Å². The van der Waals surface area contributed by atoms with Crippen LogP contribution in [-0.4, -0.2) is 26.0 Å². The van der Waals surface area contributed by atoms with Gasteiger partial charge in [-0.2, -0.15) is 0 Å². The van der Waals surface area contributed by atoms with E-state index < -0.39 is 17.0 Å². The molecule has 1 heterocycles. The monoisotopic (exact) mass is 292 g/mol. The average molecular weight is 292 g/mol. The molecule has 1 saturated heterocycles. The second-order valence-electron chi connectivity index (χ2n) is 5.80. The number of esters is 1. The van der Waals surface area contributed by atoms with Crippen LogP contribution in [0.25, 0.3) is 0 Å². The molecule has 0 radical (unpaired) electrons. The Bertz CT molecular complexity index is 590. The van der Waals surface area contributed by atoms with Crippen molar-refractivity contribution in [2.45, 2.75) is 32.8 Å². The summed E-state index contributed by atoms with van der Waals surface area (Å²) in [4.78, 5) is 24.0. The van der Waals surface area contributed by atoms with Gasteiger partial charge in [-0.1, -0.05) is 6.07 Å². The van der Waals surface area contributed by atoms with Crippen LogP contribution in [0.3, 0.4) is 0 Å². The maximum atomic E-state index is 12.2. The van der Waals surface area contributed by atoms with Gasteiger partial charge in [0.2, 0.25) is 0 Å². The van der Waals surface area contributed by atoms with Crippen molar-refractivity contribution in [3.8, 4) is 11.5 Å². The van der Waals surface area contributed by atoms with E-state index in [9.17, 15) is 9.59 Å². The number of ether oxygens (including phenoxy) is 3. The molecule has 0 bridgehead atoms. The van der Waals surface area contributed by atoms with Gasteiger partial charge in [-0.25, -0.2) is 0 Å². The Morgan fingerprint density at radius 3 is 2.24 bits per heavy atom. The predicted octanol–water partition coefficient (Wildman–Crippen LogP) is 2.46. The van der Waals surface area contributed by atoms with E-state index in [1.54, 1.807) is 46.1 Å². The van der Waals surface area contributed by atoms with Gasteiger partial charge >= 0.3 is 5.97 Å². The summed E-state index contributed by atoms with van der Waals surface area (Å²) in [6.07, 6.45) is -0.185. The lowest BCUT2D eigenvalue weighted by Crippen LogP contribution is -2.52. The van der Waals surface area contributed by atoms with Gasteiger partial charge in [-0.15, -0.1) is 0 Å². The van der Waals surface area contributed by atoms with Crippen molar-refractivity contribution < 1.29 is 23.8 Å². The highest BCUT2D eigenvalue weighted by molar-refractivity contribution is 6.01. The van der Waals surface area contributed by atoms with E-state index in [0.29, 0.717) is 17.1 Å². The first-order valence-corrected chi connectivity index (χ1v) is 6.74. The minimum Gasteiger partial charge on any atom is -0.493 e. The number of cyclic esters (lactones) is 1. The molecule has 0 amide bonds. The van der Waals surface area contributed by atoms with Crippen LogP contribution >= 0.6 is 0 Å². The quantitative estimate of drug-likeness (QED) is 0.632. The molecule has 1 aliphatic heterocycles. The number of carbonyl (C=O) groups excluding carboxylic acids is 2. The van der Waals surface area contributed by atoms with E-state index in [0.717, 1.165) is 0 Å². The number of benzene rings is 1. The van der Waals surface area contributed by atoms with Crippen LogP contribution in [0.4, 0.5) is 0 Å². The van der Waals surface area contributed by atoms with Crippen LogP contribution in [-0.2, 0) is 19.9 Å². The third-order valence-corrected chi connectivity index (χ3v) is 4.45. The molecule has 21 heavy (non-hydrogen) atoms. The van der Waals surface area contributed by atoms with Crippen LogP contribution in [0, 0.1) is 5.41 Å². The van der Waals surface area contributed by atoms with E-state index in [1.807, 2.05) is 0 Å². The van der Waals surface area contributed by atoms with E-state index >= 15 is 0 Å². The maximum absolute atomic E-state index is 12.2. The molecule has 1 aliphatic rings. The predicted molar refractivity (Wildman–Crippen MR) is 76.4 cm³/mol. The normalized spacial score (nSPS) is 24.4. The zero-order chi connectivity index (χ0) is 15.8. The second-order valence-corrected chi connectivity index (χ2v) is 5.80. The summed E-state index contributed by atoms with van der Waals surface area (Å²) < 4.78 is 16.1. The molecule has 0 aromatic heterocycles. The number of Topliss-reactive ketones (excluding diaryl/α,β-unsaturated/α-hetero) is 1. The van der Waals surface area contributed by atoms with Crippen molar-refractivity contribution in [1.29, 1.82) is 0 Å². The highest BCUT2D eigenvalue weighted by atomic mass is 16.6. The number of rotatable bonds is 3. The molecule has 0 saturated carbocycles. The van der Waals surface area contributed by atoms with Gasteiger partial charge in [0.15, 0.2) is 17.3 Å². The molecule has 5 heteroatoms.